The number of rotatable bonds is 9. The Labute approximate surface area is 266 Å². The summed E-state index contributed by atoms with van der Waals surface area (Å²) < 4.78 is 12.2. The Morgan fingerprint density at radius 1 is 0.523 bits per heavy atom. The zero-order valence-corrected chi connectivity index (χ0v) is 26.2. The summed E-state index contributed by atoms with van der Waals surface area (Å²) in [5, 5.41) is 7.80. The molecule has 0 aliphatic heterocycles. The van der Waals surface area contributed by atoms with Crippen molar-refractivity contribution in [3.05, 3.63) is 95.0 Å². The molecule has 0 heterocycles. The van der Waals surface area contributed by atoms with Gasteiger partial charge in [-0.25, -0.2) is 0 Å². The molecule has 0 aliphatic rings. The van der Waals surface area contributed by atoms with Crippen LogP contribution >= 0.6 is 23.2 Å². The minimum Gasteiger partial charge on any atom is -0.425 e. The lowest BCUT2D eigenvalue weighted by Crippen LogP contribution is -2.09. The van der Waals surface area contributed by atoms with Gasteiger partial charge >= 0.3 is 11.9 Å². The quantitative estimate of drug-likeness (QED) is 0.0913. The zero-order valence-electron chi connectivity index (χ0n) is 24.7. The molecule has 0 radical (unpaired) electrons. The van der Waals surface area contributed by atoms with Crippen molar-refractivity contribution in [1.29, 1.82) is 0 Å². The number of hydrogen-bond donors (Lipinski definition) is 0. The highest BCUT2D eigenvalue weighted by Gasteiger charge is 2.24. The average molecular weight is 624 g/mol. The van der Waals surface area contributed by atoms with Gasteiger partial charge in [-0.3, -0.25) is 9.59 Å². The molecule has 0 fully saturated rings. The second-order valence-electron chi connectivity index (χ2n) is 11.0. The first-order chi connectivity index (χ1) is 21.4. The summed E-state index contributed by atoms with van der Waals surface area (Å²) in [6, 6.07) is 27.2. The fourth-order valence-electron chi connectivity index (χ4n) is 5.95. The number of carbonyl (C=O) groups is 2. The molecule has 0 spiro atoms. The van der Waals surface area contributed by atoms with Crippen LogP contribution in [0.15, 0.2) is 84.9 Å². The summed E-state index contributed by atoms with van der Waals surface area (Å²) in [5.74, 6) is 0.506. The van der Waals surface area contributed by atoms with Crippen molar-refractivity contribution in [3.63, 3.8) is 0 Å². The molecule has 4 nitrogen and oxygen atoms in total. The Balaban J connectivity index is 1.74. The van der Waals surface area contributed by atoms with E-state index < -0.39 is 0 Å². The van der Waals surface area contributed by atoms with Gasteiger partial charge in [0.25, 0.3) is 0 Å². The van der Waals surface area contributed by atoms with Gasteiger partial charge in [0.05, 0.1) is 0 Å². The molecule has 44 heavy (non-hydrogen) atoms. The number of benzene rings is 6. The molecule has 0 bridgehead atoms. The maximum atomic E-state index is 13.0. The molecule has 6 rings (SSSR count). The Hall–Kier alpha value is -4.12. The Bertz CT molecular complexity index is 1920. The molecular formula is C38H32Cl2O4. The highest BCUT2D eigenvalue weighted by molar-refractivity contribution is 6.34. The average Bonchev–Trinajstić information content (AvgIpc) is 3.03. The monoisotopic (exact) mass is 622 g/mol. The van der Waals surface area contributed by atoms with Gasteiger partial charge in [-0.2, -0.15) is 0 Å². The lowest BCUT2D eigenvalue weighted by atomic mass is 9.85. The van der Waals surface area contributed by atoms with Gasteiger partial charge in [0.15, 0.2) is 0 Å². The first-order valence-corrected chi connectivity index (χ1v) is 15.9. The number of unbranched alkanes of at least 4 members (excludes halogenated alkanes) is 2. The first kappa shape index (κ1) is 29.9. The van der Waals surface area contributed by atoms with Crippen LogP contribution in [-0.4, -0.2) is 11.9 Å². The van der Waals surface area contributed by atoms with Crippen LogP contribution in [0, 0.1) is 0 Å². The van der Waals surface area contributed by atoms with Crippen molar-refractivity contribution in [2.24, 2.45) is 0 Å². The van der Waals surface area contributed by atoms with E-state index in [1.807, 2.05) is 98.8 Å². The summed E-state index contributed by atoms with van der Waals surface area (Å²) in [5.41, 5.74) is 1.86. The minimum atomic E-state index is -0.266. The Morgan fingerprint density at radius 2 is 0.886 bits per heavy atom. The fourth-order valence-corrected chi connectivity index (χ4v) is 6.30. The fraction of sp³-hybridized carbons (Fsp3) is 0.211. The lowest BCUT2D eigenvalue weighted by Gasteiger charge is -2.21. The van der Waals surface area contributed by atoms with Crippen molar-refractivity contribution in [1.82, 2.24) is 0 Å². The van der Waals surface area contributed by atoms with Crippen molar-refractivity contribution >= 4 is 78.2 Å². The molecule has 0 atom stereocenters. The number of halogens is 2. The molecule has 6 heteroatoms. The molecule has 6 aromatic rings. The number of fused-ring (bicyclic) bond motifs is 4. The molecule has 0 saturated carbocycles. The standard InChI is InChI=1S/C38H32Cl2O4/c1-3-5-15-33(41)43-37-27-13-9-7-11-25(27)35(31-21-23(39)17-19-29(31)37)36-26-12-8-10-14-28(26)38(44-34(42)16-6-4-2)30-20-18-24(40)22-32(30)36/h7-14,17-22H,3-6,15-16H2,1-2H3. The maximum Gasteiger partial charge on any atom is 0.311 e. The van der Waals surface area contributed by atoms with Crippen LogP contribution < -0.4 is 9.47 Å². The van der Waals surface area contributed by atoms with E-state index in [0.717, 1.165) is 79.9 Å². The highest BCUT2D eigenvalue weighted by atomic mass is 35.5. The summed E-state index contributed by atoms with van der Waals surface area (Å²) in [7, 11) is 0. The third-order valence-corrected chi connectivity index (χ3v) is 8.49. The van der Waals surface area contributed by atoms with Crippen molar-refractivity contribution < 1.29 is 19.1 Å². The highest BCUT2D eigenvalue weighted by Crippen LogP contribution is 2.50. The van der Waals surface area contributed by atoms with Crippen LogP contribution in [0.4, 0.5) is 0 Å². The molecule has 0 aliphatic carbocycles. The predicted octanol–water partition coefficient (Wildman–Crippen LogP) is 11.5. The summed E-state index contributed by atoms with van der Waals surface area (Å²) in [6.45, 7) is 4.10. The van der Waals surface area contributed by atoms with E-state index >= 15 is 0 Å². The summed E-state index contributed by atoms with van der Waals surface area (Å²) >= 11 is 13.3. The summed E-state index contributed by atoms with van der Waals surface area (Å²) in [4.78, 5) is 25.9. The topological polar surface area (TPSA) is 52.6 Å². The van der Waals surface area contributed by atoms with Crippen LogP contribution in [0.5, 0.6) is 11.5 Å². The first-order valence-electron chi connectivity index (χ1n) is 15.1. The van der Waals surface area contributed by atoms with E-state index in [9.17, 15) is 9.59 Å². The van der Waals surface area contributed by atoms with Gasteiger partial charge < -0.3 is 9.47 Å². The van der Waals surface area contributed by atoms with Gasteiger partial charge in [0, 0.05) is 44.4 Å². The van der Waals surface area contributed by atoms with Crippen LogP contribution in [0.2, 0.25) is 10.0 Å². The maximum absolute atomic E-state index is 13.0. The SMILES string of the molecule is CCCCC(=O)Oc1c2ccccc2c(-c2c3ccccc3c(OC(=O)CCCC)c3ccc(Cl)cc23)c2cc(Cl)ccc12. The van der Waals surface area contributed by atoms with Crippen LogP contribution in [0.25, 0.3) is 54.2 Å². The number of hydrogen-bond acceptors (Lipinski definition) is 4. The third-order valence-electron chi connectivity index (χ3n) is 8.02. The van der Waals surface area contributed by atoms with E-state index in [4.69, 9.17) is 32.7 Å². The van der Waals surface area contributed by atoms with Gasteiger partial charge in [0.1, 0.15) is 11.5 Å². The van der Waals surface area contributed by atoms with E-state index in [2.05, 4.69) is 0 Å². The van der Waals surface area contributed by atoms with E-state index in [1.165, 1.54) is 0 Å². The number of esters is 2. The predicted molar refractivity (Wildman–Crippen MR) is 182 cm³/mol. The largest absolute Gasteiger partial charge is 0.425 e. The number of ether oxygens (including phenoxy) is 2. The Morgan fingerprint density at radius 3 is 1.27 bits per heavy atom. The molecule has 0 aromatic heterocycles. The smallest absolute Gasteiger partial charge is 0.311 e. The minimum absolute atomic E-state index is 0.266. The van der Waals surface area contributed by atoms with Gasteiger partial charge in [-0.05, 0) is 81.9 Å². The molecule has 0 N–H and O–H groups in total. The third kappa shape index (κ3) is 5.60. The molecule has 222 valence electrons. The number of carbonyl (C=O) groups excluding carboxylic acids is 2. The normalized spacial score (nSPS) is 11.5. The van der Waals surface area contributed by atoms with E-state index in [0.29, 0.717) is 34.4 Å². The molecular weight excluding hydrogens is 591 g/mol. The van der Waals surface area contributed by atoms with Crippen LogP contribution in [0.1, 0.15) is 52.4 Å². The van der Waals surface area contributed by atoms with E-state index in [1.54, 1.807) is 0 Å². The molecule has 0 amide bonds. The van der Waals surface area contributed by atoms with Crippen LogP contribution in [-0.2, 0) is 9.59 Å². The van der Waals surface area contributed by atoms with Gasteiger partial charge in [0.2, 0.25) is 0 Å². The molecule has 6 aromatic carbocycles. The Kier molecular flexibility index (Phi) is 8.74. The second-order valence-corrected chi connectivity index (χ2v) is 11.9. The molecule has 0 unspecified atom stereocenters. The molecule has 0 saturated heterocycles. The van der Waals surface area contributed by atoms with Crippen molar-refractivity contribution in [2.75, 3.05) is 0 Å². The van der Waals surface area contributed by atoms with Gasteiger partial charge in [-0.1, -0.05) is 98.4 Å². The van der Waals surface area contributed by atoms with Crippen molar-refractivity contribution in [2.45, 2.75) is 52.4 Å². The second kappa shape index (κ2) is 12.9. The van der Waals surface area contributed by atoms with Crippen molar-refractivity contribution in [3.8, 4) is 22.6 Å². The zero-order chi connectivity index (χ0) is 30.8. The van der Waals surface area contributed by atoms with Crippen LogP contribution in [0.3, 0.4) is 0 Å². The van der Waals surface area contributed by atoms with E-state index in [-0.39, 0.29) is 11.9 Å². The summed E-state index contributed by atoms with van der Waals surface area (Å²) in [6.07, 6.45) is 4.00. The lowest BCUT2D eigenvalue weighted by molar-refractivity contribution is -0.135. The van der Waals surface area contributed by atoms with Gasteiger partial charge in [-0.15, -0.1) is 0 Å².